The molecule has 0 fully saturated rings. The molecule has 0 saturated carbocycles. The second kappa shape index (κ2) is 6.23. The minimum atomic E-state index is -0.479. The zero-order valence-corrected chi connectivity index (χ0v) is 11.7. The van der Waals surface area contributed by atoms with E-state index in [-0.39, 0.29) is 0 Å². The molecule has 0 saturated heterocycles. The number of nitriles is 1. The molecule has 0 aliphatic heterocycles. The van der Waals surface area contributed by atoms with E-state index in [1.807, 2.05) is 61.3 Å². The van der Waals surface area contributed by atoms with Gasteiger partial charge in [-0.15, -0.1) is 0 Å². The van der Waals surface area contributed by atoms with Gasteiger partial charge in [0.1, 0.15) is 0 Å². The number of rotatable bonds is 4. The quantitative estimate of drug-likeness (QED) is 0.916. The van der Waals surface area contributed by atoms with Crippen LogP contribution in [-0.4, -0.2) is 12.2 Å². The van der Waals surface area contributed by atoms with Crippen molar-refractivity contribution in [3.05, 3.63) is 59.7 Å². The Morgan fingerprint density at radius 2 is 1.95 bits per heavy atom. The molecule has 0 bridgehead atoms. The van der Waals surface area contributed by atoms with Gasteiger partial charge in [0.15, 0.2) is 0 Å². The van der Waals surface area contributed by atoms with Crippen molar-refractivity contribution in [3.8, 4) is 6.07 Å². The number of aliphatic hydroxyl groups excluding tert-OH is 1. The summed E-state index contributed by atoms with van der Waals surface area (Å²) in [4.78, 5) is 2.00. The number of hydrogen-bond acceptors (Lipinski definition) is 3. The van der Waals surface area contributed by atoms with Crippen LogP contribution in [0.25, 0.3) is 0 Å². The van der Waals surface area contributed by atoms with Gasteiger partial charge in [-0.2, -0.15) is 5.26 Å². The van der Waals surface area contributed by atoms with Crippen LogP contribution in [0, 0.1) is 11.3 Å². The Labute approximate surface area is 119 Å². The Balaban J connectivity index is 2.43. The maximum absolute atomic E-state index is 10.1. The summed E-state index contributed by atoms with van der Waals surface area (Å²) in [6.45, 7) is 1.96. The van der Waals surface area contributed by atoms with Gasteiger partial charge in [-0.05, 0) is 30.7 Å². The van der Waals surface area contributed by atoms with Gasteiger partial charge < -0.3 is 10.0 Å². The molecule has 102 valence electrons. The highest BCUT2D eigenvalue weighted by Gasteiger charge is 2.14. The van der Waals surface area contributed by atoms with E-state index in [1.54, 1.807) is 6.07 Å². The van der Waals surface area contributed by atoms with Crippen molar-refractivity contribution < 1.29 is 5.11 Å². The molecule has 2 aromatic rings. The van der Waals surface area contributed by atoms with Crippen LogP contribution in [0.2, 0.25) is 0 Å². The summed E-state index contributed by atoms with van der Waals surface area (Å²) in [5.74, 6) is 0. The van der Waals surface area contributed by atoms with Crippen LogP contribution in [0.1, 0.15) is 30.6 Å². The minimum Gasteiger partial charge on any atom is -0.388 e. The van der Waals surface area contributed by atoms with Gasteiger partial charge in [0, 0.05) is 24.0 Å². The van der Waals surface area contributed by atoms with E-state index in [9.17, 15) is 5.11 Å². The minimum absolute atomic E-state index is 0.479. The Morgan fingerprint density at radius 1 is 1.20 bits per heavy atom. The Hall–Kier alpha value is -2.31. The van der Waals surface area contributed by atoms with Crippen molar-refractivity contribution in [3.63, 3.8) is 0 Å². The van der Waals surface area contributed by atoms with Crippen LogP contribution in [0.3, 0.4) is 0 Å². The fourth-order valence-corrected chi connectivity index (χ4v) is 2.22. The molecule has 1 N–H and O–H groups in total. The standard InChI is InChI=1S/C17H18N2O/c1-3-17(20)15-9-4-5-10-16(15)19(2)14-8-6-7-13(11-14)12-18/h4-11,17,20H,3H2,1-2H3/t17-/m1/s1. The molecule has 0 spiro atoms. The average molecular weight is 266 g/mol. The lowest BCUT2D eigenvalue weighted by Crippen LogP contribution is -2.13. The average Bonchev–Trinajstić information content (AvgIpc) is 2.53. The number of hydrogen-bond donors (Lipinski definition) is 1. The zero-order chi connectivity index (χ0) is 14.5. The molecular formula is C17H18N2O. The van der Waals surface area contributed by atoms with E-state index in [1.165, 1.54) is 0 Å². The molecule has 0 unspecified atom stereocenters. The van der Waals surface area contributed by atoms with E-state index < -0.39 is 6.10 Å². The molecular weight excluding hydrogens is 248 g/mol. The van der Waals surface area contributed by atoms with Crippen molar-refractivity contribution in [2.75, 3.05) is 11.9 Å². The third kappa shape index (κ3) is 2.81. The fraction of sp³-hybridized carbons (Fsp3) is 0.235. The largest absolute Gasteiger partial charge is 0.388 e. The van der Waals surface area contributed by atoms with Gasteiger partial charge in [-0.3, -0.25) is 0 Å². The summed E-state index contributed by atoms with van der Waals surface area (Å²) in [6.07, 6.45) is 0.191. The molecule has 0 aliphatic carbocycles. The first-order chi connectivity index (χ1) is 9.67. The van der Waals surface area contributed by atoms with Crippen LogP contribution in [0.5, 0.6) is 0 Å². The van der Waals surface area contributed by atoms with Crippen molar-refractivity contribution in [2.24, 2.45) is 0 Å². The Bertz CT molecular complexity index is 631. The van der Waals surface area contributed by atoms with Crippen LogP contribution >= 0.6 is 0 Å². The number of anilines is 2. The van der Waals surface area contributed by atoms with Crippen LogP contribution in [0.4, 0.5) is 11.4 Å². The highest BCUT2D eigenvalue weighted by atomic mass is 16.3. The molecule has 2 aromatic carbocycles. The van der Waals surface area contributed by atoms with E-state index in [0.29, 0.717) is 12.0 Å². The van der Waals surface area contributed by atoms with Gasteiger partial charge >= 0.3 is 0 Å². The molecule has 2 rings (SSSR count). The molecule has 0 heterocycles. The second-order valence-corrected chi connectivity index (χ2v) is 4.70. The van der Waals surface area contributed by atoms with Gasteiger partial charge in [-0.1, -0.05) is 31.2 Å². The van der Waals surface area contributed by atoms with Crippen LogP contribution in [-0.2, 0) is 0 Å². The Kier molecular flexibility index (Phi) is 4.39. The molecule has 0 radical (unpaired) electrons. The second-order valence-electron chi connectivity index (χ2n) is 4.70. The van der Waals surface area contributed by atoms with E-state index in [0.717, 1.165) is 16.9 Å². The first kappa shape index (κ1) is 14.1. The third-order valence-electron chi connectivity index (χ3n) is 3.41. The smallest absolute Gasteiger partial charge is 0.0992 e. The Morgan fingerprint density at radius 3 is 2.65 bits per heavy atom. The lowest BCUT2D eigenvalue weighted by Gasteiger charge is -2.24. The lowest BCUT2D eigenvalue weighted by atomic mass is 10.0. The summed E-state index contributed by atoms with van der Waals surface area (Å²) in [7, 11) is 1.94. The normalized spacial score (nSPS) is 11.7. The SMILES string of the molecule is CC[C@@H](O)c1ccccc1N(C)c1cccc(C#N)c1. The predicted octanol–water partition coefficient (Wildman–Crippen LogP) is 3.77. The highest BCUT2D eigenvalue weighted by Crippen LogP contribution is 2.32. The molecule has 0 aromatic heterocycles. The molecule has 20 heavy (non-hydrogen) atoms. The van der Waals surface area contributed by atoms with Crippen molar-refractivity contribution in [2.45, 2.75) is 19.4 Å². The fourth-order valence-electron chi connectivity index (χ4n) is 2.22. The number of aliphatic hydroxyl groups is 1. The third-order valence-corrected chi connectivity index (χ3v) is 3.41. The van der Waals surface area contributed by atoms with Crippen molar-refractivity contribution in [1.29, 1.82) is 5.26 Å². The first-order valence-corrected chi connectivity index (χ1v) is 6.68. The number of nitrogens with zero attached hydrogens (tertiary/aromatic N) is 2. The van der Waals surface area contributed by atoms with Gasteiger partial charge in [0.25, 0.3) is 0 Å². The summed E-state index contributed by atoms with van der Waals surface area (Å²) in [5, 5.41) is 19.1. The van der Waals surface area contributed by atoms with Crippen LogP contribution < -0.4 is 4.90 Å². The van der Waals surface area contributed by atoms with E-state index in [2.05, 4.69) is 6.07 Å². The maximum Gasteiger partial charge on any atom is 0.0992 e. The van der Waals surface area contributed by atoms with Crippen molar-refractivity contribution >= 4 is 11.4 Å². The van der Waals surface area contributed by atoms with Crippen molar-refractivity contribution in [1.82, 2.24) is 0 Å². The molecule has 3 heteroatoms. The van der Waals surface area contributed by atoms with Gasteiger partial charge in [0.2, 0.25) is 0 Å². The van der Waals surface area contributed by atoms with E-state index in [4.69, 9.17) is 5.26 Å². The zero-order valence-electron chi connectivity index (χ0n) is 11.7. The topological polar surface area (TPSA) is 47.3 Å². The molecule has 0 amide bonds. The number of benzene rings is 2. The predicted molar refractivity (Wildman–Crippen MR) is 80.9 cm³/mol. The summed E-state index contributed by atoms with van der Waals surface area (Å²) < 4.78 is 0. The lowest BCUT2D eigenvalue weighted by molar-refractivity contribution is 0.174. The van der Waals surface area contributed by atoms with Crippen LogP contribution in [0.15, 0.2) is 48.5 Å². The number of para-hydroxylation sites is 1. The molecule has 3 nitrogen and oxygen atoms in total. The monoisotopic (exact) mass is 266 g/mol. The summed E-state index contributed by atoms with van der Waals surface area (Å²) in [5.41, 5.74) is 3.42. The molecule has 0 aliphatic rings. The first-order valence-electron chi connectivity index (χ1n) is 6.68. The maximum atomic E-state index is 10.1. The molecule has 1 atom stereocenters. The summed E-state index contributed by atoms with van der Waals surface area (Å²) in [6, 6.07) is 17.4. The summed E-state index contributed by atoms with van der Waals surface area (Å²) >= 11 is 0. The van der Waals surface area contributed by atoms with E-state index >= 15 is 0 Å². The van der Waals surface area contributed by atoms with Gasteiger partial charge in [0.05, 0.1) is 17.7 Å². The highest BCUT2D eigenvalue weighted by molar-refractivity contribution is 5.67. The van der Waals surface area contributed by atoms with Gasteiger partial charge in [-0.25, -0.2) is 0 Å².